The number of H-pyrrole nitrogens is 1. The molecular formula is C24H23ClN4O3S. The van der Waals surface area contributed by atoms with Gasteiger partial charge in [0.1, 0.15) is 10.6 Å². The second kappa shape index (κ2) is 9.64. The quantitative estimate of drug-likeness (QED) is 0.382. The van der Waals surface area contributed by atoms with Gasteiger partial charge in [0.2, 0.25) is 5.13 Å². The molecule has 0 atom stereocenters. The number of thiazole rings is 1. The minimum Gasteiger partial charge on any atom is -0.492 e. The number of carbonyl (C=O) groups is 1. The first kappa shape index (κ1) is 22.8. The molecule has 170 valence electrons. The van der Waals surface area contributed by atoms with Crippen LogP contribution in [0.2, 0.25) is 5.02 Å². The number of hydrogen-bond acceptors (Lipinski definition) is 5. The van der Waals surface area contributed by atoms with E-state index in [-0.39, 0.29) is 11.5 Å². The summed E-state index contributed by atoms with van der Waals surface area (Å²) < 4.78 is 6.96. The highest BCUT2D eigenvalue weighted by molar-refractivity contribution is 7.16. The smallest absolute Gasteiger partial charge is 0.277 e. The lowest BCUT2D eigenvalue weighted by molar-refractivity contribution is 0.102. The number of carbonyl (C=O) groups excluding carboxylic acids is 1. The Kier molecular flexibility index (Phi) is 6.67. The van der Waals surface area contributed by atoms with Crippen molar-refractivity contribution in [3.63, 3.8) is 0 Å². The van der Waals surface area contributed by atoms with Crippen LogP contribution in [0.15, 0.2) is 53.3 Å². The van der Waals surface area contributed by atoms with E-state index in [2.05, 4.69) is 15.4 Å². The Labute approximate surface area is 200 Å². The zero-order valence-corrected chi connectivity index (χ0v) is 20.0. The van der Waals surface area contributed by atoms with Crippen LogP contribution in [-0.4, -0.2) is 27.3 Å². The van der Waals surface area contributed by atoms with Crippen molar-refractivity contribution >= 4 is 34.5 Å². The first-order valence-corrected chi connectivity index (χ1v) is 11.6. The Bertz CT molecular complexity index is 1370. The van der Waals surface area contributed by atoms with Crippen molar-refractivity contribution in [2.24, 2.45) is 0 Å². The molecule has 0 fully saturated rings. The van der Waals surface area contributed by atoms with Gasteiger partial charge in [0.05, 0.1) is 18.0 Å². The average molecular weight is 483 g/mol. The van der Waals surface area contributed by atoms with Gasteiger partial charge in [0, 0.05) is 22.7 Å². The Morgan fingerprint density at radius 2 is 1.91 bits per heavy atom. The molecule has 9 heteroatoms. The van der Waals surface area contributed by atoms with Crippen LogP contribution in [0.4, 0.5) is 5.69 Å². The summed E-state index contributed by atoms with van der Waals surface area (Å²) >= 11 is 7.42. The molecule has 0 radical (unpaired) electrons. The number of para-hydroxylation sites is 2. The standard InChI is InChI=1S/C24H23ClN4O3S/c1-4-32-20-12-8-7-11-19(20)27-22(30)21-15(3)26-24(33-21)29-23(31)17(14(2)28-29)13-16-9-5-6-10-18(16)25/h5-12,28H,4,13H2,1-3H3,(H,27,30). The highest BCUT2D eigenvalue weighted by Gasteiger charge is 2.21. The van der Waals surface area contributed by atoms with Crippen LogP contribution in [-0.2, 0) is 6.42 Å². The molecule has 0 aliphatic rings. The van der Waals surface area contributed by atoms with Crippen LogP contribution in [0.5, 0.6) is 5.75 Å². The molecule has 0 saturated heterocycles. The van der Waals surface area contributed by atoms with Crippen molar-refractivity contribution in [2.75, 3.05) is 11.9 Å². The number of aromatic amines is 1. The summed E-state index contributed by atoms with van der Waals surface area (Å²) in [4.78, 5) is 31.0. The SMILES string of the molecule is CCOc1ccccc1NC(=O)c1sc(-n2[nH]c(C)c(Cc3ccccc3Cl)c2=O)nc1C. The van der Waals surface area contributed by atoms with Gasteiger partial charge in [-0.1, -0.05) is 53.3 Å². The molecule has 0 aliphatic heterocycles. The van der Waals surface area contributed by atoms with Crippen LogP contribution >= 0.6 is 22.9 Å². The fourth-order valence-electron chi connectivity index (χ4n) is 3.48. The molecule has 0 aliphatic carbocycles. The van der Waals surface area contributed by atoms with E-state index in [1.807, 2.05) is 44.2 Å². The van der Waals surface area contributed by atoms with Crippen LogP contribution in [0.1, 0.15) is 39.1 Å². The summed E-state index contributed by atoms with van der Waals surface area (Å²) in [6, 6.07) is 14.7. The van der Waals surface area contributed by atoms with E-state index < -0.39 is 0 Å². The largest absolute Gasteiger partial charge is 0.492 e. The molecule has 4 rings (SSSR count). The van der Waals surface area contributed by atoms with E-state index >= 15 is 0 Å². The zero-order valence-electron chi connectivity index (χ0n) is 18.4. The van der Waals surface area contributed by atoms with E-state index in [4.69, 9.17) is 16.3 Å². The van der Waals surface area contributed by atoms with Gasteiger partial charge in [0.25, 0.3) is 11.5 Å². The number of rotatable bonds is 7. The van der Waals surface area contributed by atoms with E-state index in [0.717, 1.165) is 22.6 Å². The lowest BCUT2D eigenvalue weighted by atomic mass is 10.1. The summed E-state index contributed by atoms with van der Waals surface area (Å²) in [5.41, 5.74) is 3.10. The molecule has 7 nitrogen and oxygen atoms in total. The highest BCUT2D eigenvalue weighted by atomic mass is 35.5. The third-order valence-electron chi connectivity index (χ3n) is 5.14. The molecule has 0 bridgehead atoms. The summed E-state index contributed by atoms with van der Waals surface area (Å²) in [6.45, 7) is 5.95. The summed E-state index contributed by atoms with van der Waals surface area (Å²) in [7, 11) is 0. The number of benzene rings is 2. The monoisotopic (exact) mass is 482 g/mol. The van der Waals surface area contributed by atoms with Gasteiger partial charge >= 0.3 is 0 Å². The minimum absolute atomic E-state index is 0.213. The maximum atomic E-state index is 13.1. The lowest BCUT2D eigenvalue weighted by Crippen LogP contribution is -2.17. The molecule has 2 aromatic heterocycles. The number of aromatic nitrogens is 3. The van der Waals surface area contributed by atoms with Crippen LogP contribution in [0.3, 0.4) is 0 Å². The van der Waals surface area contributed by atoms with Gasteiger partial charge in [-0.3, -0.25) is 14.7 Å². The molecule has 33 heavy (non-hydrogen) atoms. The Hall–Kier alpha value is -3.36. The highest BCUT2D eigenvalue weighted by Crippen LogP contribution is 2.27. The fourth-order valence-corrected chi connectivity index (χ4v) is 4.60. The Morgan fingerprint density at radius 3 is 2.67 bits per heavy atom. The fraction of sp³-hybridized carbons (Fsp3) is 0.208. The van der Waals surface area contributed by atoms with Gasteiger partial charge in [-0.05, 0) is 44.5 Å². The summed E-state index contributed by atoms with van der Waals surface area (Å²) in [5, 5.41) is 6.97. The van der Waals surface area contributed by atoms with E-state index in [9.17, 15) is 9.59 Å². The second-order valence-corrected chi connectivity index (χ2v) is 8.80. The lowest BCUT2D eigenvalue weighted by Gasteiger charge is -2.10. The summed E-state index contributed by atoms with van der Waals surface area (Å²) in [6.07, 6.45) is 0.403. The number of nitrogens with one attached hydrogen (secondary N) is 2. The van der Waals surface area contributed by atoms with Gasteiger partial charge < -0.3 is 10.1 Å². The maximum Gasteiger partial charge on any atom is 0.277 e. The molecular weight excluding hydrogens is 460 g/mol. The van der Waals surface area contributed by atoms with Crippen molar-refractivity contribution < 1.29 is 9.53 Å². The predicted octanol–water partition coefficient (Wildman–Crippen LogP) is 5.13. The van der Waals surface area contributed by atoms with E-state index in [1.54, 1.807) is 25.1 Å². The van der Waals surface area contributed by atoms with Crippen molar-refractivity contribution in [3.8, 4) is 10.9 Å². The molecule has 0 spiro atoms. The first-order chi connectivity index (χ1) is 15.9. The van der Waals surface area contributed by atoms with Crippen LogP contribution < -0.4 is 15.6 Å². The number of amides is 1. The van der Waals surface area contributed by atoms with Gasteiger partial charge in [0.15, 0.2) is 0 Å². The average Bonchev–Trinajstić information content (AvgIpc) is 3.31. The number of anilines is 1. The third kappa shape index (κ3) is 4.72. The van der Waals surface area contributed by atoms with Gasteiger partial charge in [-0.25, -0.2) is 4.98 Å². The van der Waals surface area contributed by atoms with E-state index in [1.165, 1.54) is 4.68 Å². The maximum absolute atomic E-state index is 13.1. The van der Waals surface area contributed by atoms with Crippen molar-refractivity contribution in [2.45, 2.75) is 27.2 Å². The topological polar surface area (TPSA) is 89.0 Å². The predicted molar refractivity (Wildman–Crippen MR) is 131 cm³/mol. The number of aryl methyl sites for hydroxylation is 2. The number of halogens is 1. The minimum atomic E-state index is -0.309. The molecule has 2 N–H and O–H groups in total. The molecule has 4 aromatic rings. The van der Waals surface area contributed by atoms with Crippen LogP contribution in [0, 0.1) is 13.8 Å². The second-order valence-electron chi connectivity index (χ2n) is 7.42. The van der Waals surface area contributed by atoms with Crippen molar-refractivity contribution in [1.82, 2.24) is 14.8 Å². The zero-order chi connectivity index (χ0) is 23.5. The van der Waals surface area contributed by atoms with Gasteiger partial charge in [-0.15, -0.1) is 0 Å². The Balaban J connectivity index is 1.62. The molecule has 2 aromatic carbocycles. The third-order valence-corrected chi connectivity index (χ3v) is 6.65. The summed E-state index contributed by atoms with van der Waals surface area (Å²) in [5.74, 6) is 0.284. The Morgan fingerprint density at radius 1 is 1.18 bits per heavy atom. The number of ether oxygens (including phenoxy) is 1. The normalized spacial score (nSPS) is 10.9. The van der Waals surface area contributed by atoms with Crippen LogP contribution in [0.25, 0.3) is 5.13 Å². The molecule has 0 saturated carbocycles. The van der Waals surface area contributed by atoms with Gasteiger partial charge in [-0.2, -0.15) is 4.68 Å². The number of nitrogens with zero attached hydrogens (tertiary/aromatic N) is 2. The number of hydrogen-bond donors (Lipinski definition) is 2. The molecule has 2 heterocycles. The van der Waals surface area contributed by atoms with E-state index in [0.29, 0.717) is 50.8 Å². The molecule has 0 unspecified atom stereocenters. The van der Waals surface area contributed by atoms with Crippen molar-refractivity contribution in [3.05, 3.63) is 91.3 Å². The molecule has 1 amide bonds. The van der Waals surface area contributed by atoms with Crippen molar-refractivity contribution in [1.29, 1.82) is 0 Å². The first-order valence-electron chi connectivity index (χ1n) is 10.4.